The number of hydrogen-bond acceptors (Lipinski definition) is 6. The van der Waals surface area contributed by atoms with Crippen LogP contribution in [0.1, 0.15) is 33.3 Å². The Kier molecular flexibility index (Phi) is 6.67. The zero-order valence-electron chi connectivity index (χ0n) is 18.8. The number of anilines is 1. The summed E-state index contributed by atoms with van der Waals surface area (Å²) in [5.41, 5.74) is 1.16. The molecule has 168 valence electrons. The molecule has 0 fully saturated rings. The summed E-state index contributed by atoms with van der Waals surface area (Å²) in [4.78, 5) is 27.5. The molecule has 1 aromatic rings. The van der Waals surface area contributed by atoms with Gasteiger partial charge in [-0.05, 0) is 45.9 Å². The van der Waals surface area contributed by atoms with E-state index in [4.69, 9.17) is 0 Å². The summed E-state index contributed by atoms with van der Waals surface area (Å²) in [5, 5.41) is 32.0. The molecule has 0 saturated heterocycles. The summed E-state index contributed by atoms with van der Waals surface area (Å²) in [7, 11) is 0. The number of phenols is 1. The van der Waals surface area contributed by atoms with Gasteiger partial charge < -0.3 is 20.2 Å². The third-order valence-electron chi connectivity index (χ3n) is 5.89. The van der Waals surface area contributed by atoms with Gasteiger partial charge in [0.2, 0.25) is 17.3 Å². The van der Waals surface area contributed by atoms with Crippen LogP contribution in [0.25, 0.3) is 5.57 Å². The fourth-order valence-corrected chi connectivity index (χ4v) is 4.10. The summed E-state index contributed by atoms with van der Waals surface area (Å²) in [5.74, 6) is -2.80. The van der Waals surface area contributed by atoms with E-state index >= 15 is 0 Å². The van der Waals surface area contributed by atoms with Gasteiger partial charge in [0.15, 0.2) is 0 Å². The first-order valence-corrected chi connectivity index (χ1v) is 10.8. The van der Waals surface area contributed by atoms with Gasteiger partial charge in [-0.1, -0.05) is 0 Å². The standard InChI is InChI=1S/C25H28N2O5/c1-5-26(6-2)15-9-11-17(19(28)13-15)21-23(30)22(25(32)24(21)31)18-12-10-16(14-20(18)29)27(7-3)8-4/h9-14H,5-8H2,1-4H3,(H2,28,29,30,31,32)/p+1. The van der Waals surface area contributed by atoms with E-state index in [0.717, 1.165) is 37.6 Å². The first kappa shape index (κ1) is 23.1. The molecule has 0 bridgehead atoms. The van der Waals surface area contributed by atoms with Crippen LogP contribution in [0.15, 0.2) is 59.1 Å². The molecule has 0 unspecified atom stereocenters. The molecule has 32 heavy (non-hydrogen) atoms. The fourth-order valence-electron chi connectivity index (χ4n) is 4.10. The van der Waals surface area contributed by atoms with Crippen LogP contribution in [0.4, 0.5) is 5.69 Å². The average Bonchev–Trinajstić information content (AvgIpc) is 2.99. The van der Waals surface area contributed by atoms with Crippen molar-refractivity contribution in [2.24, 2.45) is 0 Å². The van der Waals surface area contributed by atoms with Crippen molar-refractivity contribution >= 4 is 28.5 Å². The Morgan fingerprint density at radius 3 is 2.03 bits per heavy atom. The molecule has 1 aromatic carbocycles. The minimum Gasteiger partial charge on any atom is -0.507 e. The summed E-state index contributed by atoms with van der Waals surface area (Å²) in [6.45, 7) is 10.9. The highest BCUT2D eigenvalue weighted by Crippen LogP contribution is 2.39. The van der Waals surface area contributed by atoms with Crippen molar-refractivity contribution < 1.29 is 29.5 Å². The van der Waals surface area contributed by atoms with E-state index in [0.29, 0.717) is 0 Å². The van der Waals surface area contributed by atoms with E-state index in [2.05, 4.69) is 0 Å². The van der Waals surface area contributed by atoms with E-state index in [1.807, 2.05) is 37.2 Å². The summed E-state index contributed by atoms with van der Waals surface area (Å²) in [6, 6.07) is 4.76. The SMILES string of the molecule is CCN(CC)c1ccc(C2=C(O)/C(=C3\C=CC(=[N+](CC)CC)C=C3O)C(=O)C2=O)c(O)c1. The Hall–Kier alpha value is -3.61. The number of aromatic hydroxyl groups is 1. The number of rotatable bonds is 6. The van der Waals surface area contributed by atoms with Crippen molar-refractivity contribution in [2.45, 2.75) is 27.7 Å². The highest BCUT2D eigenvalue weighted by atomic mass is 16.3. The zero-order chi connectivity index (χ0) is 23.6. The lowest BCUT2D eigenvalue weighted by molar-refractivity contribution is -0.519. The number of benzene rings is 1. The van der Waals surface area contributed by atoms with Crippen LogP contribution < -0.4 is 4.90 Å². The average molecular weight is 438 g/mol. The summed E-state index contributed by atoms with van der Waals surface area (Å²) < 4.78 is 2.02. The number of carbonyl (C=O) groups is 2. The second kappa shape index (κ2) is 9.26. The molecule has 7 heteroatoms. The first-order chi connectivity index (χ1) is 15.3. The monoisotopic (exact) mass is 437 g/mol. The van der Waals surface area contributed by atoms with Crippen LogP contribution in [-0.4, -0.2) is 63.4 Å². The normalized spacial score (nSPS) is 18.5. The number of allylic oxidation sites excluding steroid dienone is 5. The van der Waals surface area contributed by atoms with Gasteiger partial charge >= 0.3 is 0 Å². The molecule has 0 amide bonds. The molecule has 0 spiro atoms. The van der Waals surface area contributed by atoms with Crippen LogP contribution in [-0.2, 0) is 9.59 Å². The fraction of sp³-hybridized carbons (Fsp3) is 0.320. The van der Waals surface area contributed by atoms with E-state index < -0.39 is 17.3 Å². The number of nitrogens with zero attached hydrogens (tertiary/aromatic N) is 2. The maximum Gasteiger partial charge on any atom is 0.238 e. The topological polar surface area (TPSA) is 101 Å². The van der Waals surface area contributed by atoms with Gasteiger partial charge in [0.05, 0.1) is 17.2 Å². The second-order valence-corrected chi connectivity index (χ2v) is 7.50. The molecule has 2 aliphatic rings. The Labute approximate surface area is 187 Å². The predicted molar refractivity (Wildman–Crippen MR) is 124 cm³/mol. The highest BCUT2D eigenvalue weighted by Gasteiger charge is 2.41. The minimum absolute atomic E-state index is 0.0750. The third-order valence-corrected chi connectivity index (χ3v) is 5.89. The molecule has 3 rings (SSSR count). The lowest BCUT2D eigenvalue weighted by atomic mass is 9.98. The number of ketones is 2. The van der Waals surface area contributed by atoms with Crippen molar-refractivity contribution in [3.8, 4) is 5.75 Å². The molecule has 0 atom stereocenters. The van der Waals surface area contributed by atoms with Gasteiger partial charge in [0, 0.05) is 42.1 Å². The Morgan fingerprint density at radius 2 is 1.50 bits per heavy atom. The molecule has 0 radical (unpaired) electrons. The molecular formula is C25H29N2O5+. The molecule has 0 aliphatic heterocycles. The lowest BCUT2D eigenvalue weighted by Crippen LogP contribution is -2.21. The van der Waals surface area contributed by atoms with Crippen molar-refractivity contribution in [2.75, 3.05) is 31.1 Å². The number of aliphatic hydroxyl groups is 2. The van der Waals surface area contributed by atoms with Gasteiger partial charge in [0.1, 0.15) is 30.4 Å². The van der Waals surface area contributed by atoms with Crippen molar-refractivity contribution in [1.82, 2.24) is 0 Å². The third kappa shape index (κ3) is 3.86. The van der Waals surface area contributed by atoms with Crippen LogP contribution in [0.5, 0.6) is 5.75 Å². The Bertz CT molecular complexity index is 1120. The molecule has 2 aliphatic carbocycles. The maximum absolute atomic E-state index is 12.8. The smallest absolute Gasteiger partial charge is 0.238 e. The molecule has 0 saturated carbocycles. The quantitative estimate of drug-likeness (QED) is 0.358. The van der Waals surface area contributed by atoms with E-state index in [9.17, 15) is 24.9 Å². The van der Waals surface area contributed by atoms with Crippen LogP contribution in [0.2, 0.25) is 0 Å². The molecular weight excluding hydrogens is 408 g/mol. The predicted octanol–water partition coefficient (Wildman–Crippen LogP) is 3.46. The van der Waals surface area contributed by atoms with Crippen LogP contribution >= 0.6 is 0 Å². The largest absolute Gasteiger partial charge is 0.507 e. The molecule has 3 N–H and O–H groups in total. The van der Waals surface area contributed by atoms with Crippen LogP contribution in [0, 0.1) is 0 Å². The number of hydrogen-bond donors (Lipinski definition) is 3. The van der Waals surface area contributed by atoms with Gasteiger partial charge in [-0.15, -0.1) is 0 Å². The maximum atomic E-state index is 12.8. The van der Waals surface area contributed by atoms with Gasteiger partial charge in [0.25, 0.3) is 0 Å². The van der Waals surface area contributed by atoms with Gasteiger partial charge in [-0.25, -0.2) is 4.58 Å². The van der Waals surface area contributed by atoms with Gasteiger partial charge in [-0.2, -0.15) is 0 Å². The lowest BCUT2D eigenvalue weighted by Gasteiger charge is -2.21. The summed E-state index contributed by atoms with van der Waals surface area (Å²) in [6.07, 6.45) is 4.76. The van der Waals surface area contributed by atoms with E-state index in [-0.39, 0.29) is 33.8 Å². The number of phenolic OH excluding ortho intramolecular Hbond substituents is 1. The van der Waals surface area contributed by atoms with Crippen LogP contribution in [0.3, 0.4) is 0 Å². The molecule has 7 nitrogen and oxygen atoms in total. The van der Waals surface area contributed by atoms with Crippen molar-refractivity contribution in [3.05, 3.63) is 64.7 Å². The van der Waals surface area contributed by atoms with E-state index in [1.54, 1.807) is 12.1 Å². The first-order valence-electron chi connectivity index (χ1n) is 10.8. The second-order valence-electron chi connectivity index (χ2n) is 7.50. The zero-order valence-corrected chi connectivity index (χ0v) is 18.8. The number of carbonyl (C=O) groups excluding carboxylic acids is 2. The number of aliphatic hydroxyl groups excluding tert-OH is 2. The summed E-state index contributed by atoms with van der Waals surface area (Å²) >= 11 is 0. The van der Waals surface area contributed by atoms with Gasteiger partial charge in [-0.3, -0.25) is 9.59 Å². The Morgan fingerprint density at radius 1 is 0.875 bits per heavy atom. The molecule has 0 heterocycles. The Balaban J connectivity index is 2.12. The molecule has 0 aromatic heterocycles. The van der Waals surface area contributed by atoms with Crippen molar-refractivity contribution in [1.29, 1.82) is 0 Å². The highest BCUT2D eigenvalue weighted by molar-refractivity contribution is 6.63. The number of Topliss-reactive ketones (excluding diaryl/α,β-unsaturated/α-hetero) is 2. The van der Waals surface area contributed by atoms with Crippen molar-refractivity contribution in [3.63, 3.8) is 0 Å². The minimum atomic E-state index is -0.921. The van der Waals surface area contributed by atoms with E-state index in [1.165, 1.54) is 24.3 Å².